The monoisotopic (exact) mass is 616 g/mol. The number of benzene rings is 6. The minimum absolute atomic E-state index is 0.236. The fourth-order valence-corrected chi connectivity index (χ4v) is 7.00. The van der Waals surface area contributed by atoms with Crippen LogP contribution < -0.4 is 4.74 Å². The van der Waals surface area contributed by atoms with Crippen LogP contribution in [0.4, 0.5) is 0 Å². The summed E-state index contributed by atoms with van der Waals surface area (Å²) in [6.45, 7) is 0. The second kappa shape index (κ2) is 11.7. The third-order valence-electron chi connectivity index (χ3n) is 9.24. The van der Waals surface area contributed by atoms with Gasteiger partial charge in [-0.15, -0.1) is 5.73 Å². The van der Waals surface area contributed by atoms with Crippen LogP contribution in [0.1, 0.15) is 43.0 Å². The number of methoxy groups -OCH3 is 1. The number of hydrogen-bond acceptors (Lipinski definition) is 3. The van der Waals surface area contributed by atoms with Crippen molar-refractivity contribution in [2.45, 2.75) is 5.41 Å². The van der Waals surface area contributed by atoms with E-state index in [1.165, 1.54) is 0 Å². The molecule has 0 spiro atoms. The molecule has 0 unspecified atom stereocenters. The molecule has 3 heteroatoms. The zero-order valence-electron chi connectivity index (χ0n) is 26.2. The van der Waals surface area contributed by atoms with Crippen molar-refractivity contribution in [3.8, 4) is 39.8 Å². The highest BCUT2D eigenvalue weighted by Gasteiger charge is 2.48. The average molecular weight is 617 g/mol. The SMILES string of the molecule is COc1ccc(C(=O)C(=C=C2c3ccccc3-c3ccccc32)C2(C#CC(=O)c3ccccc3)c3ccccc3-c3ccccc32)cc1. The number of carbonyl (C=O) groups is 2. The van der Waals surface area contributed by atoms with E-state index in [1.54, 1.807) is 43.5 Å². The second-order valence-electron chi connectivity index (χ2n) is 11.8. The van der Waals surface area contributed by atoms with Crippen molar-refractivity contribution in [3.05, 3.63) is 196 Å². The zero-order chi connectivity index (χ0) is 32.7. The van der Waals surface area contributed by atoms with E-state index in [-0.39, 0.29) is 11.6 Å². The number of carbonyl (C=O) groups excluding carboxylic acids is 2. The summed E-state index contributed by atoms with van der Waals surface area (Å²) in [5, 5.41) is 0. The maximum absolute atomic E-state index is 15.2. The third kappa shape index (κ3) is 4.56. The van der Waals surface area contributed by atoms with Crippen LogP contribution in [0.2, 0.25) is 0 Å². The Morgan fingerprint density at radius 2 is 1.00 bits per heavy atom. The Bertz CT molecular complexity index is 2300. The summed E-state index contributed by atoms with van der Waals surface area (Å²) in [6.07, 6.45) is 0. The summed E-state index contributed by atoms with van der Waals surface area (Å²) in [7, 11) is 1.60. The summed E-state index contributed by atoms with van der Waals surface area (Å²) >= 11 is 0. The molecule has 0 N–H and O–H groups in total. The van der Waals surface area contributed by atoms with Gasteiger partial charge in [-0.25, -0.2) is 0 Å². The van der Waals surface area contributed by atoms with E-state index in [2.05, 4.69) is 54.0 Å². The van der Waals surface area contributed by atoms with Crippen LogP contribution in [-0.4, -0.2) is 18.7 Å². The van der Waals surface area contributed by atoms with Gasteiger partial charge in [0.15, 0.2) is 5.78 Å². The van der Waals surface area contributed by atoms with E-state index in [0.29, 0.717) is 22.4 Å². The van der Waals surface area contributed by atoms with Gasteiger partial charge in [-0.2, -0.15) is 0 Å². The van der Waals surface area contributed by atoms with Gasteiger partial charge in [-0.05, 0) is 74.7 Å². The molecule has 8 rings (SSSR count). The molecule has 6 aromatic carbocycles. The van der Waals surface area contributed by atoms with E-state index in [1.807, 2.05) is 78.9 Å². The lowest BCUT2D eigenvalue weighted by molar-refractivity contribution is 0.102. The number of ether oxygens (including phenoxy) is 1. The maximum atomic E-state index is 15.2. The normalized spacial score (nSPS) is 12.7. The minimum atomic E-state index is -1.31. The number of allylic oxidation sites excluding steroid dienone is 1. The minimum Gasteiger partial charge on any atom is -0.497 e. The van der Waals surface area contributed by atoms with Crippen LogP contribution in [0.5, 0.6) is 5.75 Å². The summed E-state index contributed by atoms with van der Waals surface area (Å²) in [5.41, 5.74) is 12.3. The van der Waals surface area contributed by atoms with Gasteiger partial charge in [-0.1, -0.05) is 133 Å². The Kier molecular flexibility index (Phi) is 7.07. The summed E-state index contributed by atoms with van der Waals surface area (Å²) in [4.78, 5) is 28.8. The molecule has 0 heterocycles. The quantitative estimate of drug-likeness (QED) is 0.0636. The van der Waals surface area contributed by atoms with Gasteiger partial charge < -0.3 is 4.74 Å². The molecule has 0 atom stereocenters. The Morgan fingerprint density at radius 3 is 1.54 bits per heavy atom. The first-order valence-corrected chi connectivity index (χ1v) is 15.8. The predicted octanol–water partition coefficient (Wildman–Crippen LogP) is 9.37. The second-order valence-corrected chi connectivity index (χ2v) is 11.8. The number of ketones is 2. The van der Waals surface area contributed by atoms with Crippen LogP contribution in [0.3, 0.4) is 0 Å². The Balaban J connectivity index is 1.51. The topological polar surface area (TPSA) is 43.4 Å². The molecule has 0 radical (unpaired) electrons. The van der Waals surface area contributed by atoms with Gasteiger partial charge in [0, 0.05) is 16.7 Å². The van der Waals surface area contributed by atoms with Gasteiger partial charge in [0.1, 0.15) is 11.2 Å². The van der Waals surface area contributed by atoms with Crippen molar-refractivity contribution in [3.63, 3.8) is 0 Å². The van der Waals surface area contributed by atoms with E-state index >= 15 is 4.79 Å². The van der Waals surface area contributed by atoms with Gasteiger partial charge in [-0.3, -0.25) is 9.59 Å². The Hall–Kier alpha value is -6.46. The van der Waals surface area contributed by atoms with Crippen molar-refractivity contribution in [1.29, 1.82) is 0 Å². The fraction of sp³-hybridized carbons (Fsp3) is 0.0444. The van der Waals surface area contributed by atoms with Crippen molar-refractivity contribution in [2.75, 3.05) is 7.11 Å². The highest BCUT2D eigenvalue weighted by molar-refractivity contribution is 6.15. The summed E-state index contributed by atoms with van der Waals surface area (Å²) in [6, 6.07) is 48.6. The molecule has 0 saturated carbocycles. The van der Waals surface area contributed by atoms with Gasteiger partial charge in [0.2, 0.25) is 5.78 Å². The first-order chi connectivity index (χ1) is 23.6. The van der Waals surface area contributed by atoms with Crippen molar-refractivity contribution in [2.24, 2.45) is 0 Å². The van der Waals surface area contributed by atoms with Crippen LogP contribution in [0.25, 0.3) is 27.8 Å². The maximum Gasteiger partial charge on any atom is 0.235 e. The van der Waals surface area contributed by atoms with E-state index in [9.17, 15) is 4.79 Å². The summed E-state index contributed by atoms with van der Waals surface area (Å²) in [5.74, 6) is 6.53. The lowest BCUT2D eigenvalue weighted by atomic mass is 9.70. The smallest absolute Gasteiger partial charge is 0.235 e. The van der Waals surface area contributed by atoms with Crippen LogP contribution in [0, 0.1) is 11.8 Å². The molecular formula is C45H28O3. The summed E-state index contributed by atoms with van der Waals surface area (Å²) < 4.78 is 5.42. The highest BCUT2D eigenvalue weighted by atomic mass is 16.5. The lowest BCUT2D eigenvalue weighted by Crippen LogP contribution is -2.31. The van der Waals surface area contributed by atoms with E-state index in [0.717, 1.165) is 50.1 Å². The molecule has 226 valence electrons. The van der Waals surface area contributed by atoms with Gasteiger partial charge in [0.05, 0.1) is 12.7 Å². The number of fused-ring (bicyclic) bond motifs is 6. The molecule has 0 bridgehead atoms. The number of rotatable bonds is 5. The van der Waals surface area contributed by atoms with Crippen molar-refractivity contribution in [1.82, 2.24) is 0 Å². The molecule has 2 aliphatic carbocycles. The van der Waals surface area contributed by atoms with Crippen LogP contribution in [0.15, 0.2) is 163 Å². The molecular weight excluding hydrogens is 588 g/mol. The van der Waals surface area contributed by atoms with Crippen LogP contribution >= 0.6 is 0 Å². The number of hydrogen-bond donors (Lipinski definition) is 0. The molecule has 0 amide bonds. The van der Waals surface area contributed by atoms with Gasteiger partial charge >= 0.3 is 0 Å². The molecule has 3 nitrogen and oxygen atoms in total. The molecule has 6 aromatic rings. The largest absolute Gasteiger partial charge is 0.497 e. The molecule has 0 aromatic heterocycles. The Morgan fingerprint density at radius 1 is 0.521 bits per heavy atom. The Labute approximate surface area is 279 Å². The van der Waals surface area contributed by atoms with E-state index in [4.69, 9.17) is 4.74 Å². The predicted molar refractivity (Wildman–Crippen MR) is 190 cm³/mol. The molecule has 48 heavy (non-hydrogen) atoms. The fourth-order valence-electron chi connectivity index (χ4n) is 7.00. The molecule has 0 aliphatic heterocycles. The highest BCUT2D eigenvalue weighted by Crippen LogP contribution is 2.54. The van der Waals surface area contributed by atoms with Crippen LogP contribution in [-0.2, 0) is 5.41 Å². The van der Waals surface area contributed by atoms with E-state index < -0.39 is 5.41 Å². The first kappa shape index (κ1) is 29.0. The average Bonchev–Trinajstić information content (AvgIpc) is 3.63. The molecule has 0 saturated heterocycles. The standard InChI is InChI=1S/C45H28O3/c1-48-32-25-23-31(24-26-32)44(47)42(29-39-35-17-7-5-15-33(35)34-16-6-8-18-36(34)39)45(28-27-43(46)30-13-3-2-4-14-30)40-21-11-9-19-37(40)38-20-10-12-22-41(38)45/h2-26H,1H3. The van der Waals surface area contributed by atoms with Gasteiger partial charge in [0.25, 0.3) is 0 Å². The van der Waals surface area contributed by atoms with Crippen molar-refractivity contribution < 1.29 is 14.3 Å². The number of Topliss-reactive ketones (excluding diaryl/α,β-unsaturated/α-hetero) is 2. The third-order valence-corrected chi connectivity index (χ3v) is 9.24. The zero-order valence-corrected chi connectivity index (χ0v) is 26.2. The lowest BCUT2D eigenvalue weighted by Gasteiger charge is -2.28. The first-order valence-electron chi connectivity index (χ1n) is 15.8. The molecule has 0 fully saturated rings. The molecule has 2 aliphatic rings. The van der Waals surface area contributed by atoms with Crippen molar-refractivity contribution >= 4 is 17.1 Å².